The second kappa shape index (κ2) is 11.7. The maximum atomic E-state index is 13.0. The summed E-state index contributed by atoms with van der Waals surface area (Å²) in [4.78, 5) is 0. The molecule has 33 heavy (non-hydrogen) atoms. The van der Waals surface area contributed by atoms with Crippen molar-refractivity contribution in [2.75, 3.05) is 13.2 Å². The minimum atomic E-state index is -4.93. The lowest BCUT2D eigenvalue weighted by molar-refractivity contribution is -0.143. The van der Waals surface area contributed by atoms with E-state index in [0.29, 0.717) is 18.6 Å². The zero-order valence-corrected chi connectivity index (χ0v) is 18.9. The number of benzene rings is 1. The van der Waals surface area contributed by atoms with Crippen LogP contribution in [-0.4, -0.2) is 45.5 Å². The summed E-state index contributed by atoms with van der Waals surface area (Å²) in [5, 5.41) is 31.9. The maximum Gasteiger partial charge on any atom is 0.416 e. The van der Waals surface area contributed by atoms with Crippen molar-refractivity contribution in [1.82, 2.24) is 5.32 Å². The molecule has 192 valence electrons. The average molecular weight is 512 g/mol. The predicted molar refractivity (Wildman–Crippen MR) is 110 cm³/mol. The number of rotatable bonds is 5. The molecule has 14 heteroatoms. The zero-order valence-electron chi connectivity index (χ0n) is 18.1. The zero-order chi connectivity index (χ0) is 25.0. The lowest BCUT2D eigenvalue weighted by Crippen LogP contribution is -2.61. The van der Waals surface area contributed by atoms with Crippen LogP contribution in [0.1, 0.15) is 56.4 Å². The molecule has 0 aliphatic carbocycles. The molecule has 1 aliphatic heterocycles. The Morgan fingerprint density at radius 3 is 1.97 bits per heavy atom. The molecule has 2 rings (SSSR count). The van der Waals surface area contributed by atoms with Gasteiger partial charge in [0.25, 0.3) is 0 Å². The third-order valence-corrected chi connectivity index (χ3v) is 5.45. The van der Waals surface area contributed by atoms with Gasteiger partial charge in [0.1, 0.15) is 5.60 Å². The number of alkyl halides is 6. The molecule has 7 nitrogen and oxygen atoms in total. The van der Waals surface area contributed by atoms with Gasteiger partial charge in [-0.3, -0.25) is 0 Å². The van der Waals surface area contributed by atoms with Gasteiger partial charge in [-0.1, -0.05) is 5.16 Å². The SMILES string of the molecule is C/C(=N\O)C1(O)CC[C@](C)(CO[C@H](C)c2cc(C(F)(F)F)cc(C(F)(F)F)c2)NC1.Cl.NO. The highest BCUT2D eigenvalue weighted by atomic mass is 35.5. The first-order chi connectivity index (χ1) is 14.6. The summed E-state index contributed by atoms with van der Waals surface area (Å²) in [6, 6.07) is 1.37. The number of hydrogen-bond acceptors (Lipinski definition) is 7. The smallest absolute Gasteiger partial charge is 0.411 e. The van der Waals surface area contributed by atoms with E-state index >= 15 is 0 Å². The van der Waals surface area contributed by atoms with E-state index in [1.54, 1.807) is 6.92 Å². The number of nitrogens with one attached hydrogen (secondary N) is 1. The van der Waals surface area contributed by atoms with Crippen LogP contribution < -0.4 is 11.2 Å². The van der Waals surface area contributed by atoms with E-state index in [1.807, 2.05) is 0 Å². The minimum Gasteiger partial charge on any atom is -0.411 e. The van der Waals surface area contributed by atoms with Crippen LogP contribution in [0.2, 0.25) is 0 Å². The summed E-state index contributed by atoms with van der Waals surface area (Å²) < 4.78 is 83.8. The van der Waals surface area contributed by atoms with Crippen LogP contribution in [-0.2, 0) is 17.1 Å². The summed E-state index contributed by atoms with van der Waals surface area (Å²) in [6.45, 7) is 4.64. The van der Waals surface area contributed by atoms with E-state index in [9.17, 15) is 31.4 Å². The molecule has 0 amide bonds. The highest BCUT2D eigenvalue weighted by Crippen LogP contribution is 2.38. The van der Waals surface area contributed by atoms with E-state index in [-0.39, 0.29) is 49.3 Å². The molecular weight excluding hydrogens is 484 g/mol. The Hall–Kier alpha value is -1.64. The van der Waals surface area contributed by atoms with E-state index in [2.05, 4.69) is 16.4 Å². The van der Waals surface area contributed by atoms with E-state index in [0.717, 1.165) is 0 Å². The van der Waals surface area contributed by atoms with Crippen molar-refractivity contribution in [1.29, 1.82) is 0 Å². The fourth-order valence-corrected chi connectivity index (χ4v) is 3.16. The van der Waals surface area contributed by atoms with Crippen LogP contribution in [0.4, 0.5) is 26.3 Å². The Bertz CT molecular complexity index is 764. The quantitative estimate of drug-likeness (QED) is 0.174. The molecule has 0 saturated carbocycles. The lowest BCUT2D eigenvalue weighted by Gasteiger charge is -2.43. The number of hydrogen-bond donors (Lipinski definition) is 5. The molecule has 6 N–H and O–H groups in total. The second-order valence-electron chi connectivity index (χ2n) is 7.92. The van der Waals surface area contributed by atoms with Gasteiger partial charge in [0.05, 0.1) is 29.5 Å². The van der Waals surface area contributed by atoms with Crippen LogP contribution in [0.15, 0.2) is 23.4 Å². The average Bonchev–Trinajstić information content (AvgIpc) is 2.73. The van der Waals surface area contributed by atoms with Crippen molar-refractivity contribution in [3.8, 4) is 0 Å². The Balaban J connectivity index is 0.00000332. The molecule has 1 unspecified atom stereocenters. The highest BCUT2D eigenvalue weighted by Gasteiger charge is 2.42. The Labute approximate surface area is 193 Å². The third kappa shape index (κ3) is 8.26. The number of nitrogens with two attached hydrogens (primary N) is 1. The molecule has 1 aromatic rings. The number of aliphatic hydroxyl groups is 1. The van der Waals surface area contributed by atoms with Crippen molar-refractivity contribution >= 4 is 18.1 Å². The van der Waals surface area contributed by atoms with Crippen molar-refractivity contribution in [2.45, 2.75) is 63.2 Å². The molecule has 0 spiro atoms. The molecule has 3 atom stereocenters. The maximum absolute atomic E-state index is 13.0. The second-order valence-corrected chi connectivity index (χ2v) is 7.92. The van der Waals surface area contributed by atoms with Crippen molar-refractivity contribution in [3.63, 3.8) is 0 Å². The fraction of sp³-hybridized carbons (Fsp3) is 0.632. The van der Waals surface area contributed by atoms with E-state index in [4.69, 9.17) is 15.2 Å². The third-order valence-electron chi connectivity index (χ3n) is 5.45. The van der Waals surface area contributed by atoms with Gasteiger partial charge in [0.15, 0.2) is 0 Å². The number of nitrogens with zero attached hydrogens (tertiary/aromatic N) is 1. The number of piperidine rings is 1. The highest BCUT2D eigenvalue weighted by molar-refractivity contribution is 5.90. The Morgan fingerprint density at radius 1 is 1.12 bits per heavy atom. The van der Waals surface area contributed by atoms with Gasteiger partial charge >= 0.3 is 12.4 Å². The van der Waals surface area contributed by atoms with Crippen LogP contribution >= 0.6 is 12.4 Å². The Morgan fingerprint density at radius 2 is 1.61 bits per heavy atom. The number of β-amino-alcohol motifs (C(OH)–C–C–N with tert-alkyl or cyclic N) is 1. The van der Waals surface area contributed by atoms with Gasteiger partial charge in [0.2, 0.25) is 0 Å². The van der Waals surface area contributed by atoms with Crippen molar-refractivity contribution < 1.29 is 46.6 Å². The summed E-state index contributed by atoms with van der Waals surface area (Å²) >= 11 is 0. The summed E-state index contributed by atoms with van der Waals surface area (Å²) in [7, 11) is 0. The topological polar surface area (TPSA) is 120 Å². The van der Waals surface area contributed by atoms with E-state index < -0.39 is 40.7 Å². The molecule has 1 heterocycles. The first-order valence-electron chi connectivity index (χ1n) is 9.43. The van der Waals surface area contributed by atoms with Gasteiger partial charge in [-0.2, -0.15) is 26.3 Å². The van der Waals surface area contributed by atoms with Crippen LogP contribution in [0.3, 0.4) is 0 Å². The summed E-state index contributed by atoms with van der Waals surface area (Å²) in [5.41, 5.74) is -4.92. The van der Waals surface area contributed by atoms with Gasteiger partial charge < -0.3 is 25.6 Å². The van der Waals surface area contributed by atoms with Crippen LogP contribution in [0, 0.1) is 0 Å². The summed E-state index contributed by atoms with van der Waals surface area (Å²) in [6.07, 6.45) is -10.3. The van der Waals surface area contributed by atoms with Crippen molar-refractivity contribution in [3.05, 3.63) is 34.9 Å². The number of halogens is 7. The molecule has 0 bridgehead atoms. The molecule has 1 fully saturated rings. The minimum absolute atomic E-state index is 0. The first-order valence-corrected chi connectivity index (χ1v) is 9.43. The molecule has 0 radical (unpaired) electrons. The van der Waals surface area contributed by atoms with Crippen LogP contribution in [0.5, 0.6) is 0 Å². The van der Waals surface area contributed by atoms with Gasteiger partial charge in [0, 0.05) is 12.1 Å². The number of oxime groups is 1. The van der Waals surface area contributed by atoms with Gasteiger partial charge in [-0.05, 0) is 57.4 Å². The molecule has 0 aromatic heterocycles. The Kier molecular flexibility index (Phi) is 11.1. The van der Waals surface area contributed by atoms with Gasteiger partial charge in [-0.15, -0.1) is 12.4 Å². The first kappa shape index (κ1) is 31.4. The summed E-state index contributed by atoms with van der Waals surface area (Å²) in [5.74, 6) is 3.50. The molecule has 1 aromatic carbocycles. The fourth-order valence-electron chi connectivity index (χ4n) is 3.16. The normalized spacial score (nSPS) is 24.9. The van der Waals surface area contributed by atoms with Crippen molar-refractivity contribution in [2.24, 2.45) is 11.1 Å². The predicted octanol–water partition coefficient (Wildman–Crippen LogP) is 4.28. The monoisotopic (exact) mass is 511 g/mol. The molecule has 1 saturated heterocycles. The van der Waals surface area contributed by atoms with Crippen LogP contribution in [0.25, 0.3) is 0 Å². The number of ether oxygens (including phenoxy) is 1. The standard InChI is InChI=1S/C19H24F6N2O3.ClH.H3NO/c1-11(13-6-14(18(20,21)22)8-15(7-13)19(23,24)25)30-10-16(3)4-5-17(28,9-26-16)12(2)27-29;;1-2/h6-8,11,26,28-29H,4-5,9-10H2,1-3H3;1H;2H,1H2/b27-12+;;/t11-,16-,17?;;/m1../s1. The van der Waals surface area contributed by atoms with E-state index in [1.165, 1.54) is 13.8 Å². The largest absolute Gasteiger partial charge is 0.416 e. The van der Waals surface area contributed by atoms with Gasteiger partial charge in [-0.25, -0.2) is 5.90 Å². The lowest BCUT2D eigenvalue weighted by atomic mass is 9.81. The molecule has 1 aliphatic rings. The molecular formula is C19H28ClF6N3O4.